The summed E-state index contributed by atoms with van der Waals surface area (Å²) in [7, 11) is 0. The van der Waals surface area contributed by atoms with Gasteiger partial charge in [0, 0.05) is 16.0 Å². The van der Waals surface area contributed by atoms with Crippen molar-refractivity contribution in [2.45, 2.75) is 23.8 Å². The fraction of sp³-hybridized carbons (Fsp3) is 0.417. The van der Waals surface area contributed by atoms with E-state index in [1.54, 1.807) is 11.8 Å². The fourth-order valence-electron chi connectivity index (χ4n) is 1.74. The number of aliphatic carboxylic acids is 1. The topological polar surface area (TPSA) is 37.3 Å². The van der Waals surface area contributed by atoms with Gasteiger partial charge in [-0.25, -0.2) is 0 Å². The Kier molecular flexibility index (Phi) is 3.77. The van der Waals surface area contributed by atoms with Gasteiger partial charge in [0.15, 0.2) is 0 Å². The van der Waals surface area contributed by atoms with E-state index < -0.39 is 5.97 Å². The Bertz CT molecular complexity index is 377. The maximum absolute atomic E-state index is 10.8. The summed E-state index contributed by atoms with van der Waals surface area (Å²) >= 11 is 7.53. The van der Waals surface area contributed by atoms with E-state index in [2.05, 4.69) is 0 Å². The van der Waals surface area contributed by atoms with Crippen LogP contribution < -0.4 is 0 Å². The van der Waals surface area contributed by atoms with Crippen molar-refractivity contribution >= 4 is 29.3 Å². The molecule has 1 fully saturated rings. The minimum Gasteiger partial charge on any atom is -0.481 e. The summed E-state index contributed by atoms with van der Waals surface area (Å²) in [4.78, 5) is 10.8. The lowest BCUT2D eigenvalue weighted by Gasteiger charge is -2.32. The van der Waals surface area contributed by atoms with E-state index in [9.17, 15) is 4.79 Å². The third-order valence-electron chi connectivity index (χ3n) is 2.91. The largest absolute Gasteiger partial charge is 0.481 e. The number of carboxylic acids is 1. The number of thioether (sulfide) groups is 1. The number of rotatable bonds is 4. The van der Waals surface area contributed by atoms with Crippen molar-refractivity contribution in [3.63, 3.8) is 0 Å². The first kappa shape index (κ1) is 11.8. The molecule has 0 heterocycles. The SMILES string of the molecule is O=C(O)C1CCC1SCc1ccc(Cl)cc1. The van der Waals surface area contributed by atoms with E-state index in [0.29, 0.717) is 0 Å². The molecule has 1 saturated carbocycles. The number of carbonyl (C=O) groups is 1. The van der Waals surface area contributed by atoms with Crippen molar-refractivity contribution in [2.75, 3.05) is 0 Å². The second kappa shape index (κ2) is 5.11. The van der Waals surface area contributed by atoms with Crippen molar-refractivity contribution in [3.05, 3.63) is 34.9 Å². The van der Waals surface area contributed by atoms with E-state index in [4.69, 9.17) is 16.7 Å². The van der Waals surface area contributed by atoms with Gasteiger partial charge in [0.05, 0.1) is 5.92 Å². The van der Waals surface area contributed by atoms with Gasteiger partial charge < -0.3 is 5.11 Å². The van der Waals surface area contributed by atoms with Crippen LogP contribution in [0, 0.1) is 5.92 Å². The molecule has 1 aromatic carbocycles. The molecule has 2 unspecified atom stereocenters. The molecular weight excluding hydrogens is 244 g/mol. The molecule has 1 N–H and O–H groups in total. The highest BCUT2D eigenvalue weighted by molar-refractivity contribution is 7.99. The second-order valence-corrected chi connectivity index (χ2v) is 5.66. The van der Waals surface area contributed by atoms with Crippen LogP contribution in [0.4, 0.5) is 0 Å². The van der Waals surface area contributed by atoms with Crippen molar-refractivity contribution in [3.8, 4) is 0 Å². The molecule has 0 aromatic heterocycles. The molecule has 0 aliphatic heterocycles. The first-order valence-electron chi connectivity index (χ1n) is 5.25. The van der Waals surface area contributed by atoms with Gasteiger partial charge in [-0.2, -0.15) is 11.8 Å². The zero-order valence-corrected chi connectivity index (χ0v) is 10.3. The summed E-state index contributed by atoms with van der Waals surface area (Å²) in [6.45, 7) is 0. The maximum atomic E-state index is 10.8. The van der Waals surface area contributed by atoms with Crippen molar-refractivity contribution in [1.29, 1.82) is 0 Å². The molecule has 1 aromatic rings. The summed E-state index contributed by atoms with van der Waals surface area (Å²) < 4.78 is 0. The third kappa shape index (κ3) is 2.71. The van der Waals surface area contributed by atoms with Gasteiger partial charge >= 0.3 is 5.97 Å². The molecule has 2 atom stereocenters. The van der Waals surface area contributed by atoms with Crippen LogP contribution in [0.5, 0.6) is 0 Å². The number of halogens is 1. The molecular formula is C12H13ClO2S. The third-order valence-corrected chi connectivity index (χ3v) is 4.65. The Balaban J connectivity index is 1.84. The van der Waals surface area contributed by atoms with E-state index >= 15 is 0 Å². The monoisotopic (exact) mass is 256 g/mol. The molecule has 16 heavy (non-hydrogen) atoms. The molecule has 86 valence electrons. The summed E-state index contributed by atoms with van der Waals surface area (Å²) in [5, 5.41) is 9.93. The van der Waals surface area contributed by atoms with Crippen molar-refractivity contribution in [1.82, 2.24) is 0 Å². The van der Waals surface area contributed by atoms with Crippen LogP contribution in [0.2, 0.25) is 5.02 Å². The lowest BCUT2D eigenvalue weighted by molar-refractivity contribution is -0.144. The standard InChI is InChI=1S/C12H13ClO2S/c13-9-3-1-8(2-4-9)7-16-11-6-5-10(11)12(14)15/h1-4,10-11H,5-7H2,(H,14,15). The highest BCUT2D eigenvalue weighted by Crippen LogP contribution is 2.39. The summed E-state index contributed by atoms with van der Waals surface area (Å²) in [5.41, 5.74) is 1.20. The quantitative estimate of drug-likeness (QED) is 0.897. The molecule has 1 aliphatic carbocycles. The highest BCUT2D eigenvalue weighted by atomic mass is 35.5. The summed E-state index contributed by atoms with van der Waals surface area (Å²) in [6.07, 6.45) is 1.85. The van der Waals surface area contributed by atoms with Crippen LogP contribution >= 0.6 is 23.4 Å². The van der Waals surface area contributed by atoms with Crippen LogP contribution in [0.1, 0.15) is 18.4 Å². The van der Waals surface area contributed by atoms with Crippen LogP contribution in [-0.4, -0.2) is 16.3 Å². The zero-order chi connectivity index (χ0) is 11.5. The molecule has 0 saturated heterocycles. The van der Waals surface area contributed by atoms with Gasteiger partial charge in [0.2, 0.25) is 0 Å². The fourth-order valence-corrected chi connectivity index (χ4v) is 3.25. The van der Waals surface area contributed by atoms with Gasteiger partial charge in [-0.1, -0.05) is 23.7 Å². The number of hydrogen-bond acceptors (Lipinski definition) is 2. The molecule has 0 radical (unpaired) electrons. The molecule has 4 heteroatoms. The maximum Gasteiger partial charge on any atom is 0.307 e. The molecule has 0 spiro atoms. The zero-order valence-electron chi connectivity index (χ0n) is 8.73. The minimum absolute atomic E-state index is 0.141. The average Bonchev–Trinajstić information content (AvgIpc) is 2.18. The first-order valence-corrected chi connectivity index (χ1v) is 6.68. The first-order chi connectivity index (χ1) is 7.66. The van der Waals surface area contributed by atoms with Gasteiger partial charge in [0.25, 0.3) is 0 Å². The Morgan fingerprint density at radius 1 is 1.38 bits per heavy atom. The minimum atomic E-state index is -0.653. The summed E-state index contributed by atoms with van der Waals surface area (Å²) in [6, 6.07) is 7.72. The van der Waals surface area contributed by atoms with Crippen molar-refractivity contribution in [2.24, 2.45) is 5.92 Å². The molecule has 2 nitrogen and oxygen atoms in total. The Labute approximate surface area is 104 Å². The van der Waals surface area contributed by atoms with Crippen molar-refractivity contribution < 1.29 is 9.90 Å². The molecule has 2 rings (SSSR count). The molecule has 0 amide bonds. The summed E-state index contributed by atoms with van der Waals surface area (Å²) in [5.74, 6) is 0.0724. The van der Waals surface area contributed by atoms with Crippen LogP contribution in [0.3, 0.4) is 0 Å². The van der Waals surface area contributed by atoms with E-state index in [1.807, 2.05) is 24.3 Å². The normalized spacial score (nSPS) is 23.8. The number of carboxylic acid groups (broad SMARTS) is 1. The molecule has 1 aliphatic rings. The average molecular weight is 257 g/mol. The Morgan fingerprint density at radius 3 is 2.56 bits per heavy atom. The lowest BCUT2D eigenvalue weighted by atomic mass is 9.85. The molecule has 0 bridgehead atoms. The van der Waals surface area contributed by atoms with E-state index in [-0.39, 0.29) is 11.2 Å². The van der Waals surface area contributed by atoms with Gasteiger partial charge in [-0.05, 0) is 30.5 Å². The second-order valence-electron chi connectivity index (χ2n) is 4.00. The predicted molar refractivity (Wildman–Crippen MR) is 66.9 cm³/mol. The predicted octanol–water partition coefficient (Wildman–Crippen LogP) is 3.44. The van der Waals surface area contributed by atoms with Gasteiger partial charge in [0.1, 0.15) is 0 Å². The highest BCUT2D eigenvalue weighted by Gasteiger charge is 2.36. The van der Waals surface area contributed by atoms with E-state index in [0.717, 1.165) is 23.6 Å². The Morgan fingerprint density at radius 2 is 2.06 bits per heavy atom. The van der Waals surface area contributed by atoms with Crippen LogP contribution in [0.25, 0.3) is 0 Å². The van der Waals surface area contributed by atoms with Crippen LogP contribution in [0.15, 0.2) is 24.3 Å². The van der Waals surface area contributed by atoms with E-state index in [1.165, 1.54) is 5.56 Å². The lowest BCUT2D eigenvalue weighted by Crippen LogP contribution is -2.35. The number of benzene rings is 1. The Hall–Kier alpha value is -0.670. The number of hydrogen-bond donors (Lipinski definition) is 1. The van der Waals surface area contributed by atoms with Crippen LogP contribution in [-0.2, 0) is 10.5 Å². The van der Waals surface area contributed by atoms with Gasteiger partial charge in [-0.15, -0.1) is 0 Å². The van der Waals surface area contributed by atoms with Gasteiger partial charge in [-0.3, -0.25) is 4.79 Å². The smallest absolute Gasteiger partial charge is 0.307 e.